The van der Waals surface area contributed by atoms with Crippen LogP contribution in [0.15, 0.2) is 17.0 Å². The fourth-order valence-electron chi connectivity index (χ4n) is 1.84. The van der Waals surface area contributed by atoms with Gasteiger partial charge in [0.2, 0.25) is 10.0 Å². The minimum Gasteiger partial charge on any atom is -0.496 e. The van der Waals surface area contributed by atoms with Gasteiger partial charge in [0.25, 0.3) is 0 Å². The maximum Gasteiger partial charge on any atom is 0.345 e. The Kier molecular flexibility index (Phi) is 9.05. The highest BCUT2D eigenvalue weighted by Gasteiger charge is 2.28. The Labute approximate surface area is 148 Å². The quantitative estimate of drug-likeness (QED) is 0.641. The number of carbonyl (C=O) groups excluding carboxylic acids is 1. The van der Waals surface area contributed by atoms with E-state index in [1.165, 1.54) is 33.5 Å². The van der Waals surface area contributed by atoms with E-state index < -0.39 is 16.0 Å². The number of rotatable bonds is 8. The summed E-state index contributed by atoms with van der Waals surface area (Å²) in [5.74, 6) is -0.712. The molecule has 2 N–H and O–H groups in total. The number of halogens is 1. The zero-order chi connectivity index (χ0) is 17.6. The highest BCUT2D eigenvalue weighted by atomic mass is 35.5. The number of hydrogen-bond acceptors (Lipinski definition) is 7. The number of ether oxygens (including phenoxy) is 3. The largest absolute Gasteiger partial charge is 0.496 e. The summed E-state index contributed by atoms with van der Waals surface area (Å²) < 4.78 is 42.3. The molecular formula is C14H23ClN2O6S. The molecule has 0 fully saturated rings. The Morgan fingerprint density at radius 3 is 2.29 bits per heavy atom. The molecule has 0 aliphatic carbocycles. The summed E-state index contributed by atoms with van der Waals surface area (Å²) in [6.45, 7) is 2.01. The van der Waals surface area contributed by atoms with E-state index in [-0.39, 0.29) is 47.0 Å². The molecule has 1 unspecified atom stereocenters. The lowest BCUT2D eigenvalue weighted by atomic mass is 10.1. The van der Waals surface area contributed by atoms with E-state index in [1.54, 1.807) is 7.05 Å². The minimum absolute atomic E-state index is 0. The van der Waals surface area contributed by atoms with Gasteiger partial charge in [-0.3, -0.25) is 0 Å². The molecule has 0 saturated carbocycles. The van der Waals surface area contributed by atoms with E-state index in [0.717, 1.165) is 0 Å². The van der Waals surface area contributed by atoms with Gasteiger partial charge < -0.3 is 19.5 Å². The number of nitrogens with one attached hydrogen (secondary N) is 2. The molecule has 0 aliphatic rings. The Balaban J connectivity index is 0.00000529. The molecule has 24 heavy (non-hydrogen) atoms. The van der Waals surface area contributed by atoms with E-state index in [2.05, 4.69) is 14.8 Å². The first-order valence-corrected chi connectivity index (χ1v) is 8.30. The first kappa shape index (κ1) is 22.4. The van der Waals surface area contributed by atoms with Gasteiger partial charge in [0.05, 0.1) is 21.3 Å². The lowest BCUT2D eigenvalue weighted by Crippen LogP contribution is -2.37. The number of benzene rings is 1. The third kappa shape index (κ3) is 4.97. The van der Waals surface area contributed by atoms with Crippen molar-refractivity contribution in [3.05, 3.63) is 17.7 Å². The zero-order valence-electron chi connectivity index (χ0n) is 14.2. The summed E-state index contributed by atoms with van der Waals surface area (Å²) in [5, 5.41) is 2.92. The summed E-state index contributed by atoms with van der Waals surface area (Å²) in [7, 11) is 1.68. The van der Waals surface area contributed by atoms with Gasteiger partial charge in [-0.2, -0.15) is 0 Å². The molecule has 1 atom stereocenters. The Bertz CT molecular complexity index is 665. The highest BCUT2D eigenvalue weighted by Crippen LogP contribution is 2.35. The number of methoxy groups -OCH3 is 3. The molecule has 1 aromatic carbocycles. The number of carbonyl (C=O) groups is 1. The van der Waals surface area contributed by atoms with Gasteiger partial charge in [0.1, 0.15) is 16.2 Å². The molecular weight excluding hydrogens is 360 g/mol. The van der Waals surface area contributed by atoms with Crippen LogP contribution in [0.5, 0.6) is 11.5 Å². The van der Waals surface area contributed by atoms with Gasteiger partial charge in [-0.1, -0.05) is 0 Å². The first-order valence-electron chi connectivity index (χ1n) is 6.82. The van der Waals surface area contributed by atoms with Crippen molar-refractivity contribution in [1.29, 1.82) is 0 Å². The Hall–Kier alpha value is -1.55. The van der Waals surface area contributed by atoms with Crippen LogP contribution in [0.4, 0.5) is 0 Å². The van der Waals surface area contributed by atoms with Crippen molar-refractivity contribution < 1.29 is 27.4 Å². The van der Waals surface area contributed by atoms with E-state index in [4.69, 9.17) is 9.47 Å². The molecule has 1 aromatic rings. The van der Waals surface area contributed by atoms with Crippen molar-refractivity contribution in [2.45, 2.75) is 17.9 Å². The zero-order valence-corrected chi connectivity index (χ0v) is 15.8. The maximum atomic E-state index is 12.5. The van der Waals surface area contributed by atoms with E-state index in [1.807, 2.05) is 6.92 Å². The van der Waals surface area contributed by atoms with Crippen LogP contribution in [0.3, 0.4) is 0 Å². The fourth-order valence-corrected chi connectivity index (χ4v) is 3.14. The smallest absolute Gasteiger partial charge is 0.345 e. The molecule has 0 spiro atoms. The summed E-state index contributed by atoms with van der Waals surface area (Å²) >= 11 is 0. The van der Waals surface area contributed by atoms with Crippen LogP contribution in [0.2, 0.25) is 0 Å². The first-order chi connectivity index (χ1) is 10.8. The molecule has 0 heterocycles. The van der Waals surface area contributed by atoms with Crippen molar-refractivity contribution >= 4 is 28.4 Å². The number of esters is 1. The summed E-state index contributed by atoms with van der Waals surface area (Å²) in [6.07, 6.45) is 0. The Morgan fingerprint density at radius 2 is 1.83 bits per heavy atom. The van der Waals surface area contributed by atoms with Gasteiger partial charge in [-0.05, 0) is 26.1 Å². The minimum atomic E-state index is -3.88. The van der Waals surface area contributed by atoms with Crippen LogP contribution in [0, 0.1) is 0 Å². The van der Waals surface area contributed by atoms with Crippen LogP contribution in [-0.2, 0) is 14.8 Å². The molecule has 138 valence electrons. The molecule has 0 aromatic heterocycles. The van der Waals surface area contributed by atoms with Crippen LogP contribution >= 0.6 is 12.4 Å². The second-order valence-corrected chi connectivity index (χ2v) is 6.44. The van der Waals surface area contributed by atoms with Crippen molar-refractivity contribution in [3.63, 3.8) is 0 Å². The third-order valence-electron chi connectivity index (χ3n) is 3.26. The van der Waals surface area contributed by atoms with Gasteiger partial charge >= 0.3 is 5.97 Å². The molecule has 0 amide bonds. The maximum absolute atomic E-state index is 12.5. The molecule has 0 saturated heterocycles. The molecule has 0 radical (unpaired) electrons. The van der Waals surface area contributed by atoms with Gasteiger partial charge in [-0.25, -0.2) is 17.9 Å². The number of sulfonamides is 1. The fraction of sp³-hybridized carbons (Fsp3) is 0.500. The van der Waals surface area contributed by atoms with Crippen LogP contribution < -0.4 is 19.5 Å². The summed E-state index contributed by atoms with van der Waals surface area (Å²) in [6, 6.07) is 2.63. The molecule has 0 bridgehead atoms. The molecule has 8 nitrogen and oxygen atoms in total. The van der Waals surface area contributed by atoms with Crippen LogP contribution in [-0.4, -0.2) is 55.4 Å². The van der Waals surface area contributed by atoms with Crippen molar-refractivity contribution in [3.8, 4) is 11.5 Å². The Morgan fingerprint density at radius 1 is 1.21 bits per heavy atom. The van der Waals surface area contributed by atoms with Crippen LogP contribution in [0.25, 0.3) is 0 Å². The van der Waals surface area contributed by atoms with Crippen molar-refractivity contribution in [1.82, 2.24) is 10.0 Å². The lowest BCUT2D eigenvalue weighted by Gasteiger charge is -2.17. The standard InChI is InChI=1S/C14H22N2O6S.ClH/c1-9(15-2)8-16-23(18,19)11-7-6-10(20-3)12(13(11)21-4)14(17)22-5;/h6-7,9,15-16H,8H2,1-5H3;1H. The SMILES string of the molecule is CNC(C)CNS(=O)(=O)c1ccc(OC)c(C(=O)OC)c1OC.Cl. The lowest BCUT2D eigenvalue weighted by molar-refractivity contribution is 0.0592. The van der Waals surface area contributed by atoms with Gasteiger partial charge in [0, 0.05) is 12.6 Å². The number of likely N-dealkylation sites (N-methyl/N-ethyl adjacent to an activating group) is 1. The summed E-state index contributed by atoms with van der Waals surface area (Å²) in [5.41, 5.74) is -0.0814. The topological polar surface area (TPSA) is 103 Å². The molecule has 1 rings (SSSR count). The second-order valence-electron chi connectivity index (χ2n) is 4.71. The third-order valence-corrected chi connectivity index (χ3v) is 4.71. The van der Waals surface area contributed by atoms with E-state index in [9.17, 15) is 13.2 Å². The van der Waals surface area contributed by atoms with E-state index >= 15 is 0 Å². The van der Waals surface area contributed by atoms with Crippen molar-refractivity contribution in [2.75, 3.05) is 34.9 Å². The van der Waals surface area contributed by atoms with Crippen LogP contribution in [0.1, 0.15) is 17.3 Å². The van der Waals surface area contributed by atoms with Crippen molar-refractivity contribution in [2.24, 2.45) is 0 Å². The average molecular weight is 383 g/mol. The average Bonchev–Trinajstić information content (AvgIpc) is 2.57. The normalized spacial score (nSPS) is 12.0. The van der Waals surface area contributed by atoms with Gasteiger partial charge in [0.15, 0.2) is 5.75 Å². The number of hydrogen-bond donors (Lipinski definition) is 2. The van der Waals surface area contributed by atoms with Gasteiger partial charge in [-0.15, -0.1) is 12.4 Å². The molecule has 0 aliphatic heterocycles. The highest BCUT2D eigenvalue weighted by molar-refractivity contribution is 7.89. The summed E-state index contributed by atoms with van der Waals surface area (Å²) in [4.78, 5) is 11.8. The monoisotopic (exact) mass is 382 g/mol. The second kappa shape index (κ2) is 9.67. The van der Waals surface area contributed by atoms with E-state index in [0.29, 0.717) is 0 Å². The predicted octanol–water partition coefficient (Wildman–Crippen LogP) is 0.798. The predicted molar refractivity (Wildman–Crippen MR) is 91.8 cm³/mol. The molecule has 10 heteroatoms.